The summed E-state index contributed by atoms with van der Waals surface area (Å²) in [6.45, 7) is 3.44. The second kappa shape index (κ2) is 13.1. The molecule has 1 unspecified atom stereocenters. The number of carbonyl (C=O) groups is 5. The fraction of sp³-hybridized carbons (Fsp3) is 0.762. The van der Waals surface area contributed by atoms with Crippen molar-refractivity contribution < 1.29 is 38.6 Å². The number of carboxylic acid groups (broad SMARTS) is 1. The van der Waals surface area contributed by atoms with Crippen LogP contribution in [0.5, 0.6) is 0 Å². The number of amides is 1. The minimum atomic E-state index is -1.47. The van der Waals surface area contributed by atoms with Crippen LogP contribution in [0.15, 0.2) is 0 Å². The molecule has 32 heavy (non-hydrogen) atoms. The molecule has 1 fully saturated rings. The van der Waals surface area contributed by atoms with E-state index in [2.05, 4.69) is 0 Å². The van der Waals surface area contributed by atoms with Gasteiger partial charge in [0.1, 0.15) is 12.1 Å². The molecule has 0 aromatic carbocycles. The average molecular weight is 458 g/mol. The number of primary amides is 1. The lowest BCUT2D eigenvalue weighted by Gasteiger charge is -2.29. The maximum atomic E-state index is 12.7. The van der Waals surface area contributed by atoms with Crippen molar-refractivity contribution in [2.45, 2.75) is 77.0 Å². The highest BCUT2D eigenvalue weighted by Gasteiger charge is 2.35. The van der Waals surface area contributed by atoms with Crippen LogP contribution >= 0.6 is 0 Å². The Balaban J connectivity index is 2.80. The summed E-state index contributed by atoms with van der Waals surface area (Å²) in [5.41, 5.74) is 10.7. The summed E-state index contributed by atoms with van der Waals surface area (Å²) >= 11 is 0. The fourth-order valence-electron chi connectivity index (χ4n) is 3.51. The maximum absolute atomic E-state index is 12.7. The number of carboxylic acids is 1. The zero-order chi connectivity index (χ0) is 24.4. The second-order valence-electron chi connectivity index (χ2n) is 8.68. The molecule has 0 radical (unpaired) electrons. The third-order valence-corrected chi connectivity index (χ3v) is 5.38. The minimum absolute atomic E-state index is 0.0120. The van der Waals surface area contributed by atoms with E-state index in [1.807, 2.05) is 13.8 Å². The highest BCUT2D eigenvalue weighted by Crippen LogP contribution is 2.26. The first-order valence-electron chi connectivity index (χ1n) is 10.8. The van der Waals surface area contributed by atoms with Gasteiger partial charge in [0.15, 0.2) is 0 Å². The third-order valence-electron chi connectivity index (χ3n) is 5.38. The number of esters is 3. The van der Waals surface area contributed by atoms with Crippen LogP contribution in [0.2, 0.25) is 0 Å². The van der Waals surface area contributed by atoms with Gasteiger partial charge >= 0.3 is 23.9 Å². The Hall–Kier alpha value is -2.53. The van der Waals surface area contributed by atoms with Crippen molar-refractivity contribution in [3.8, 4) is 0 Å². The molecule has 1 aliphatic carbocycles. The molecule has 11 heteroatoms. The van der Waals surface area contributed by atoms with Gasteiger partial charge in [0.2, 0.25) is 12.0 Å². The lowest BCUT2D eigenvalue weighted by molar-refractivity contribution is -0.170. The van der Waals surface area contributed by atoms with Crippen LogP contribution in [0.4, 0.5) is 0 Å². The van der Waals surface area contributed by atoms with E-state index in [1.54, 1.807) is 0 Å². The highest BCUT2D eigenvalue weighted by molar-refractivity contribution is 5.91. The number of hydrogen-bond donors (Lipinski definition) is 3. The van der Waals surface area contributed by atoms with Crippen molar-refractivity contribution in [3.63, 3.8) is 0 Å². The minimum Gasteiger partial charge on any atom is -0.478 e. The fourth-order valence-corrected chi connectivity index (χ4v) is 3.51. The normalized spacial score (nSPS) is 17.1. The molecule has 5 N–H and O–H groups in total. The zero-order valence-corrected chi connectivity index (χ0v) is 19.0. The van der Waals surface area contributed by atoms with E-state index in [-0.39, 0.29) is 37.6 Å². The molecule has 0 spiro atoms. The number of nitrogens with two attached hydrogens (primary N) is 2. The monoisotopic (exact) mass is 457 g/mol. The largest absolute Gasteiger partial charge is 0.478 e. The van der Waals surface area contributed by atoms with E-state index >= 15 is 0 Å². The smallest absolute Gasteiger partial charge is 0.346 e. The number of carbonyl (C=O) groups excluding carboxylic acids is 4. The van der Waals surface area contributed by atoms with Gasteiger partial charge < -0.3 is 26.0 Å². The number of likely N-dealkylation sites (N-methyl/N-ethyl adjacent to an activating group) is 1. The standard InChI is InChI=1S/C21H35N3O8/c1-12(2)10-15(21(30)32-20(29)14(22)8-9-17(23)25)24(3)11-16(18(26)27)31-19(28)13-6-4-5-7-13/h12-16H,4-11,22H2,1-3H3,(H2,23,25)(H,26,27)/t14?,15-,16-/m0/s1. The van der Waals surface area contributed by atoms with Crippen LogP contribution < -0.4 is 11.5 Å². The molecule has 0 bridgehead atoms. The van der Waals surface area contributed by atoms with Crippen molar-refractivity contribution in [2.75, 3.05) is 13.6 Å². The Morgan fingerprint density at radius 2 is 1.69 bits per heavy atom. The van der Waals surface area contributed by atoms with Crippen LogP contribution in [0.3, 0.4) is 0 Å². The Kier molecular flexibility index (Phi) is 11.3. The topological polar surface area (TPSA) is 179 Å². The Morgan fingerprint density at radius 3 is 2.19 bits per heavy atom. The third kappa shape index (κ3) is 9.31. The second-order valence-corrected chi connectivity index (χ2v) is 8.68. The van der Waals surface area contributed by atoms with E-state index in [9.17, 15) is 29.1 Å². The van der Waals surface area contributed by atoms with Crippen molar-refractivity contribution in [1.29, 1.82) is 0 Å². The van der Waals surface area contributed by atoms with E-state index < -0.39 is 48.0 Å². The summed E-state index contributed by atoms with van der Waals surface area (Å²) < 4.78 is 10.1. The van der Waals surface area contributed by atoms with Gasteiger partial charge in [-0.25, -0.2) is 14.4 Å². The Labute approximate surface area is 187 Å². The highest BCUT2D eigenvalue weighted by atomic mass is 16.6. The first-order chi connectivity index (χ1) is 14.9. The first-order valence-corrected chi connectivity index (χ1v) is 10.8. The molecular formula is C21H35N3O8. The van der Waals surface area contributed by atoms with E-state index in [4.69, 9.17) is 20.9 Å². The van der Waals surface area contributed by atoms with Gasteiger partial charge in [0.05, 0.1) is 5.92 Å². The van der Waals surface area contributed by atoms with Crippen LogP contribution in [-0.2, 0) is 33.4 Å². The number of hydrogen-bond acceptors (Lipinski definition) is 9. The van der Waals surface area contributed by atoms with Crippen molar-refractivity contribution in [1.82, 2.24) is 4.90 Å². The van der Waals surface area contributed by atoms with Crippen molar-refractivity contribution >= 4 is 29.8 Å². The van der Waals surface area contributed by atoms with Gasteiger partial charge in [-0.3, -0.25) is 14.5 Å². The quantitative estimate of drug-likeness (QED) is 0.255. The van der Waals surface area contributed by atoms with Crippen molar-refractivity contribution in [3.05, 3.63) is 0 Å². The molecule has 0 saturated heterocycles. The van der Waals surface area contributed by atoms with Gasteiger partial charge in [-0.1, -0.05) is 26.7 Å². The van der Waals surface area contributed by atoms with Gasteiger partial charge in [0.25, 0.3) is 0 Å². The molecule has 0 aliphatic heterocycles. The summed E-state index contributed by atoms with van der Waals surface area (Å²) in [4.78, 5) is 60.9. The molecule has 1 rings (SSSR count). The van der Waals surface area contributed by atoms with Gasteiger partial charge in [-0.2, -0.15) is 0 Å². The summed E-state index contributed by atoms with van der Waals surface area (Å²) in [6, 6.07) is -2.16. The molecule has 1 saturated carbocycles. The molecule has 1 aliphatic rings. The molecule has 0 heterocycles. The maximum Gasteiger partial charge on any atom is 0.346 e. The van der Waals surface area contributed by atoms with Gasteiger partial charge in [-0.15, -0.1) is 0 Å². The molecule has 0 aromatic heterocycles. The predicted octanol–water partition coefficient (Wildman–Crippen LogP) is 0.182. The number of ether oxygens (including phenoxy) is 2. The summed E-state index contributed by atoms with van der Waals surface area (Å²) in [6.07, 6.45) is 1.73. The number of rotatable bonds is 13. The van der Waals surface area contributed by atoms with E-state index in [0.29, 0.717) is 12.8 Å². The molecule has 11 nitrogen and oxygen atoms in total. The van der Waals surface area contributed by atoms with Gasteiger partial charge in [0, 0.05) is 13.0 Å². The van der Waals surface area contributed by atoms with E-state index in [1.165, 1.54) is 11.9 Å². The van der Waals surface area contributed by atoms with Crippen LogP contribution in [-0.4, -0.2) is 71.6 Å². The van der Waals surface area contributed by atoms with Crippen LogP contribution in [0.1, 0.15) is 58.8 Å². The number of aliphatic carboxylic acids is 1. The molecule has 1 amide bonds. The average Bonchev–Trinajstić information content (AvgIpc) is 3.24. The molecular weight excluding hydrogens is 422 g/mol. The lowest BCUT2D eigenvalue weighted by atomic mass is 10.0. The lowest BCUT2D eigenvalue weighted by Crippen LogP contribution is -2.48. The Bertz CT molecular complexity index is 691. The Morgan fingerprint density at radius 1 is 1.09 bits per heavy atom. The molecule has 0 aromatic rings. The first kappa shape index (κ1) is 27.5. The summed E-state index contributed by atoms with van der Waals surface area (Å²) in [7, 11) is 1.49. The molecule has 3 atom stereocenters. The summed E-state index contributed by atoms with van der Waals surface area (Å²) in [5, 5.41) is 9.51. The van der Waals surface area contributed by atoms with Crippen LogP contribution in [0, 0.1) is 11.8 Å². The molecule has 182 valence electrons. The van der Waals surface area contributed by atoms with Gasteiger partial charge in [-0.05, 0) is 38.6 Å². The number of nitrogens with zero attached hydrogens (tertiary/aromatic N) is 1. The predicted molar refractivity (Wildman–Crippen MR) is 113 cm³/mol. The van der Waals surface area contributed by atoms with Crippen molar-refractivity contribution in [2.24, 2.45) is 23.3 Å². The van der Waals surface area contributed by atoms with E-state index in [0.717, 1.165) is 12.8 Å². The zero-order valence-electron chi connectivity index (χ0n) is 19.0. The SMILES string of the molecule is CC(C)C[C@@H](C(=O)OC(=O)C(N)CCC(N)=O)N(C)C[C@H](OC(=O)C1CCCC1)C(=O)O. The summed E-state index contributed by atoms with van der Waals surface area (Å²) in [5.74, 6) is -4.71. The van der Waals surface area contributed by atoms with Crippen LogP contribution in [0.25, 0.3) is 0 Å².